The first-order valence-corrected chi connectivity index (χ1v) is 11.7. The lowest BCUT2D eigenvalue weighted by Gasteiger charge is -2.47. The van der Waals surface area contributed by atoms with Crippen molar-refractivity contribution >= 4 is 22.8 Å². The number of carbonyl (C=O) groups is 1. The number of ether oxygens (including phenoxy) is 1. The van der Waals surface area contributed by atoms with Crippen LogP contribution in [0.25, 0.3) is 16.7 Å². The zero-order chi connectivity index (χ0) is 27.6. The van der Waals surface area contributed by atoms with E-state index in [-0.39, 0.29) is 23.9 Å². The summed E-state index contributed by atoms with van der Waals surface area (Å²) in [7, 11) is 1.54. The van der Waals surface area contributed by atoms with Gasteiger partial charge in [0.2, 0.25) is 5.43 Å². The van der Waals surface area contributed by atoms with Crippen LogP contribution >= 0.6 is 0 Å². The summed E-state index contributed by atoms with van der Waals surface area (Å²) in [6.07, 6.45) is -3.52. The maximum atomic E-state index is 14.8. The molecule has 7 nitrogen and oxygen atoms in total. The number of methoxy groups -OCH3 is 1. The molecule has 0 unspecified atom stereocenters. The summed E-state index contributed by atoms with van der Waals surface area (Å²) in [6.45, 7) is 2.71. The normalized spacial score (nSPS) is 17.8. The van der Waals surface area contributed by atoms with Gasteiger partial charge in [-0.25, -0.2) is 18.2 Å². The highest BCUT2D eigenvalue weighted by atomic mass is 19.4. The Morgan fingerprint density at radius 3 is 2.34 bits per heavy atom. The number of hydrogen-bond donors (Lipinski definition) is 1. The highest BCUT2D eigenvalue weighted by Crippen LogP contribution is 2.40. The number of anilines is 1. The van der Waals surface area contributed by atoms with Crippen molar-refractivity contribution in [3.63, 3.8) is 0 Å². The van der Waals surface area contributed by atoms with Gasteiger partial charge in [-0.2, -0.15) is 13.2 Å². The maximum absolute atomic E-state index is 14.8. The van der Waals surface area contributed by atoms with Gasteiger partial charge in [-0.3, -0.25) is 14.2 Å². The predicted octanol–water partition coefficient (Wildman–Crippen LogP) is 4.10. The van der Waals surface area contributed by atoms with Crippen molar-refractivity contribution in [1.29, 1.82) is 0 Å². The Kier molecular flexibility index (Phi) is 6.16. The number of pyridine rings is 2. The molecule has 3 aromatic rings. The maximum Gasteiger partial charge on any atom is 0.408 e. The molecular formula is C25H22F6N4O3. The molecule has 1 saturated carbocycles. The Morgan fingerprint density at radius 2 is 1.79 bits per heavy atom. The quantitative estimate of drug-likeness (QED) is 0.477. The van der Waals surface area contributed by atoms with E-state index < -0.39 is 63.8 Å². The second kappa shape index (κ2) is 9.00. The molecule has 3 heterocycles. The highest BCUT2D eigenvalue weighted by molar-refractivity contribution is 5.97. The third kappa shape index (κ3) is 4.59. The van der Waals surface area contributed by atoms with Gasteiger partial charge in [0, 0.05) is 38.5 Å². The van der Waals surface area contributed by atoms with Crippen LogP contribution in [-0.4, -0.2) is 53.5 Å². The smallest absolute Gasteiger partial charge is 0.375 e. The van der Waals surface area contributed by atoms with Crippen molar-refractivity contribution in [2.45, 2.75) is 37.6 Å². The standard InChI is InChI=1S/C25H22F6N4O3/c1-24(38-2)10-34(11-24)18-6-5-14-20(36)15(23(37)33-21(12-3-4-12)25(29,30)31)9-35(22(14)32-18)19-16(27)7-13(26)8-17(19)28/h5-9,12,21H,3-4,10-11H2,1-2H3,(H,33,37)/t21-/m1/s1. The first kappa shape index (κ1) is 26.0. The van der Waals surface area contributed by atoms with E-state index >= 15 is 0 Å². The molecule has 1 amide bonds. The number of aromatic nitrogens is 2. The summed E-state index contributed by atoms with van der Waals surface area (Å²) >= 11 is 0. The second-order valence-corrected chi connectivity index (χ2v) is 9.84. The third-order valence-corrected chi connectivity index (χ3v) is 6.90. The molecule has 5 rings (SSSR count). The van der Waals surface area contributed by atoms with E-state index in [0.717, 1.165) is 10.8 Å². The molecule has 1 aliphatic carbocycles. The summed E-state index contributed by atoms with van der Waals surface area (Å²) in [6, 6.07) is 1.35. The van der Waals surface area contributed by atoms with E-state index in [1.54, 1.807) is 12.0 Å². The minimum atomic E-state index is -4.76. The van der Waals surface area contributed by atoms with Crippen LogP contribution in [0.2, 0.25) is 0 Å². The van der Waals surface area contributed by atoms with Crippen molar-refractivity contribution in [3.8, 4) is 5.69 Å². The summed E-state index contributed by atoms with van der Waals surface area (Å²) in [4.78, 5) is 32.3. The molecule has 2 aliphatic rings. The van der Waals surface area contributed by atoms with Crippen LogP contribution in [0.4, 0.5) is 32.2 Å². The lowest BCUT2D eigenvalue weighted by molar-refractivity contribution is -0.158. The van der Waals surface area contributed by atoms with Crippen LogP contribution in [0.1, 0.15) is 30.1 Å². The van der Waals surface area contributed by atoms with Gasteiger partial charge in [0.15, 0.2) is 17.3 Å². The number of hydrogen-bond acceptors (Lipinski definition) is 5. The molecular weight excluding hydrogens is 518 g/mol. The molecule has 2 aromatic heterocycles. The fraction of sp³-hybridized carbons (Fsp3) is 0.400. The van der Waals surface area contributed by atoms with Gasteiger partial charge >= 0.3 is 6.18 Å². The summed E-state index contributed by atoms with van der Waals surface area (Å²) < 4.78 is 90.0. The Labute approximate surface area is 212 Å². The van der Waals surface area contributed by atoms with Crippen LogP contribution in [0.15, 0.2) is 35.3 Å². The lowest BCUT2D eigenvalue weighted by Crippen LogP contribution is -2.61. The largest absolute Gasteiger partial charge is 0.408 e. The average molecular weight is 540 g/mol. The van der Waals surface area contributed by atoms with Gasteiger partial charge in [-0.1, -0.05) is 0 Å². The zero-order valence-corrected chi connectivity index (χ0v) is 20.2. The molecule has 1 N–H and O–H groups in total. The fourth-order valence-corrected chi connectivity index (χ4v) is 4.63. The Balaban J connectivity index is 1.66. The number of amides is 1. The van der Waals surface area contributed by atoms with E-state index in [4.69, 9.17) is 4.74 Å². The fourth-order valence-electron chi connectivity index (χ4n) is 4.63. The summed E-state index contributed by atoms with van der Waals surface area (Å²) in [5.41, 5.74) is -3.33. The molecule has 0 radical (unpaired) electrons. The Morgan fingerprint density at radius 1 is 1.16 bits per heavy atom. The van der Waals surface area contributed by atoms with E-state index in [0.29, 0.717) is 31.0 Å². The van der Waals surface area contributed by atoms with Crippen LogP contribution in [0.3, 0.4) is 0 Å². The van der Waals surface area contributed by atoms with Crippen LogP contribution in [0.5, 0.6) is 0 Å². The molecule has 2 fully saturated rings. The SMILES string of the molecule is COC1(C)CN(c2ccc3c(=O)c(C(=O)N[C@H](C4CC4)C(F)(F)F)cn(-c4c(F)cc(F)cc4F)c3n2)C1. The minimum Gasteiger partial charge on any atom is -0.375 e. The molecule has 0 bridgehead atoms. The Bertz CT molecular complexity index is 1470. The van der Waals surface area contributed by atoms with E-state index in [2.05, 4.69) is 4.98 Å². The van der Waals surface area contributed by atoms with Gasteiger partial charge in [-0.15, -0.1) is 0 Å². The second-order valence-electron chi connectivity index (χ2n) is 9.84. The monoisotopic (exact) mass is 540 g/mol. The van der Waals surface area contributed by atoms with Gasteiger partial charge in [0.1, 0.15) is 28.9 Å². The van der Waals surface area contributed by atoms with E-state index in [9.17, 15) is 35.9 Å². The molecule has 1 atom stereocenters. The third-order valence-electron chi connectivity index (χ3n) is 6.90. The number of rotatable bonds is 6. The number of alkyl halides is 3. The number of fused-ring (bicyclic) bond motifs is 1. The summed E-state index contributed by atoms with van der Waals surface area (Å²) in [5, 5.41) is 1.58. The molecule has 38 heavy (non-hydrogen) atoms. The van der Waals surface area contributed by atoms with Crippen molar-refractivity contribution in [1.82, 2.24) is 14.9 Å². The zero-order valence-electron chi connectivity index (χ0n) is 20.2. The first-order chi connectivity index (χ1) is 17.8. The molecule has 1 aliphatic heterocycles. The van der Waals surface area contributed by atoms with Crippen molar-refractivity contribution in [2.75, 3.05) is 25.1 Å². The lowest BCUT2D eigenvalue weighted by atomic mass is 9.96. The summed E-state index contributed by atoms with van der Waals surface area (Å²) in [5.74, 6) is -5.80. The van der Waals surface area contributed by atoms with Crippen molar-refractivity contribution in [2.24, 2.45) is 5.92 Å². The topological polar surface area (TPSA) is 76.5 Å². The van der Waals surface area contributed by atoms with E-state index in [1.807, 2.05) is 12.2 Å². The molecule has 0 spiro atoms. The Hall–Kier alpha value is -3.61. The van der Waals surface area contributed by atoms with Crippen molar-refractivity contribution in [3.05, 3.63) is 63.7 Å². The van der Waals surface area contributed by atoms with Gasteiger partial charge in [-0.05, 0) is 37.8 Å². The van der Waals surface area contributed by atoms with Crippen LogP contribution < -0.4 is 15.6 Å². The predicted molar refractivity (Wildman–Crippen MR) is 125 cm³/mol. The minimum absolute atomic E-state index is 0.254. The van der Waals surface area contributed by atoms with E-state index in [1.165, 1.54) is 12.1 Å². The number of halogens is 6. The highest BCUT2D eigenvalue weighted by Gasteiger charge is 2.50. The van der Waals surface area contributed by atoms with Crippen LogP contribution in [0, 0.1) is 23.4 Å². The molecule has 1 saturated heterocycles. The van der Waals surface area contributed by atoms with Gasteiger partial charge in [0.05, 0.1) is 11.0 Å². The van der Waals surface area contributed by atoms with Crippen molar-refractivity contribution < 1.29 is 35.9 Å². The number of nitrogens with zero attached hydrogens (tertiary/aromatic N) is 3. The number of carbonyl (C=O) groups excluding carboxylic acids is 1. The number of nitrogens with one attached hydrogen (secondary N) is 1. The first-order valence-electron chi connectivity index (χ1n) is 11.7. The number of benzene rings is 1. The molecule has 1 aromatic carbocycles. The van der Waals surface area contributed by atoms with Gasteiger partial charge in [0.25, 0.3) is 5.91 Å². The average Bonchev–Trinajstić information content (AvgIpc) is 3.65. The van der Waals surface area contributed by atoms with Gasteiger partial charge < -0.3 is 15.0 Å². The molecule has 13 heteroatoms. The van der Waals surface area contributed by atoms with Crippen LogP contribution in [-0.2, 0) is 4.74 Å². The molecule has 202 valence electrons.